The molecule has 1 amide bonds. The predicted molar refractivity (Wildman–Crippen MR) is 140 cm³/mol. The van der Waals surface area contributed by atoms with E-state index in [0.717, 1.165) is 27.6 Å². The molecule has 39 heavy (non-hydrogen) atoms. The van der Waals surface area contributed by atoms with Crippen molar-refractivity contribution in [3.05, 3.63) is 77.4 Å². The molecule has 0 N–H and O–H groups in total. The maximum atomic E-state index is 13.6. The van der Waals surface area contributed by atoms with E-state index in [1.807, 2.05) is 17.0 Å². The molecule has 0 saturated carbocycles. The van der Waals surface area contributed by atoms with Gasteiger partial charge in [0.15, 0.2) is 5.83 Å². The Labute approximate surface area is 248 Å². The third-order valence-corrected chi connectivity index (χ3v) is 7.44. The van der Waals surface area contributed by atoms with Crippen molar-refractivity contribution in [2.45, 2.75) is 32.4 Å². The quantitative estimate of drug-likeness (QED) is 0.332. The molecule has 3 heterocycles. The number of nitriles is 1. The first-order valence-electron chi connectivity index (χ1n) is 12.5. The Morgan fingerprint density at radius 3 is 2.59 bits per heavy atom. The number of aromatic carboxylic acids is 1. The Kier molecular flexibility index (Phi) is 8.60. The van der Waals surface area contributed by atoms with Gasteiger partial charge in [-0.25, -0.2) is 9.37 Å². The molecule has 2 aliphatic heterocycles. The number of aromatic nitrogens is 1. The van der Waals surface area contributed by atoms with E-state index in [1.54, 1.807) is 0 Å². The number of carboxylic acids is 1. The van der Waals surface area contributed by atoms with Crippen LogP contribution in [-0.2, 0) is 17.8 Å². The second-order valence-corrected chi connectivity index (χ2v) is 9.73. The number of hydrogen-bond donors (Lipinski definition) is 0. The number of halogens is 1. The smallest absolute Gasteiger partial charge is 0.543 e. The number of aryl methyl sites for hydroxylation is 1. The zero-order chi connectivity index (χ0) is 27.0. The van der Waals surface area contributed by atoms with Crippen LogP contribution in [0.2, 0.25) is 0 Å². The summed E-state index contributed by atoms with van der Waals surface area (Å²) in [5.74, 6) is -3.26. The van der Waals surface area contributed by atoms with Crippen molar-refractivity contribution in [3.63, 3.8) is 0 Å². The van der Waals surface area contributed by atoms with Gasteiger partial charge in [0.2, 0.25) is 0 Å². The van der Waals surface area contributed by atoms with Gasteiger partial charge in [0.25, 0.3) is 5.91 Å². The minimum atomic E-state index is -1.37. The van der Waals surface area contributed by atoms with Crippen molar-refractivity contribution < 1.29 is 48.6 Å². The minimum Gasteiger partial charge on any atom is -0.543 e. The van der Waals surface area contributed by atoms with E-state index in [-0.39, 0.29) is 54.8 Å². The number of piperazine rings is 1. The van der Waals surface area contributed by atoms with Gasteiger partial charge in [-0.15, -0.1) is 0 Å². The summed E-state index contributed by atoms with van der Waals surface area (Å²) in [6, 6.07) is 15.4. The third-order valence-electron chi connectivity index (χ3n) is 7.44. The van der Waals surface area contributed by atoms with Crippen molar-refractivity contribution in [2.75, 3.05) is 36.0 Å². The van der Waals surface area contributed by atoms with E-state index in [1.165, 1.54) is 11.0 Å². The van der Waals surface area contributed by atoms with Crippen molar-refractivity contribution in [3.8, 4) is 6.07 Å². The van der Waals surface area contributed by atoms with Gasteiger partial charge >= 0.3 is 29.6 Å². The molecule has 194 valence electrons. The number of amides is 1. The number of fused-ring (bicyclic) bond motifs is 2. The van der Waals surface area contributed by atoms with Gasteiger partial charge in [0.1, 0.15) is 0 Å². The number of pyridine rings is 1. The molecule has 10 heteroatoms. The number of anilines is 2. The Morgan fingerprint density at radius 2 is 1.90 bits per heavy atom. The minimum absolute atomic E-state index is 0. The Morgan fingerprint density at radius 1 is 1.15 bits per heavy atom. The van der Waals surface area contributed by atoms with E-state index >= 15 is 0 Å². The van der Waals surface area contributed by atoms with Crippen LogP contribution in [0.25, 0.3) is 10.8 Å². The van der Waals surface area contributed by atoms with Crippen LogP contribution >= 0.6 is 0 Å². The van der Waals surface area contributed by atoms with Gasteiger partial charge in [-0.1, -0.05) is 36.9 Å². The van der Waals surface area contributed by atoms with E-state index in [4.69, 9.17) is 0 Å². The fraction of sp³-hybridized carbons (Fsp3) is 0.310. The molecule has 1 aromatic heterocycles. The summed E-state index contributed by atoms with van der Waals surface area (Å²) < 4.78 is 13.6. The zero-order valence-electron chi connectivity index (χ0n) is 22.1. The monoisotopic (exact) mass is 535 g/mol. The number of nitrogens with zero attached hydrogens (tertiary/aromatic N) is 5. The molecule has 8 nitrogen and oxygen atoms in total. The van der Waals surface area contributed by atoms with Gasteiger partial charge < -0.3 is 24.6 Å². The van der Waals surface area contributed by atoms with Gasteiger partial charge in [-0.05, 0) is 36.4 Å². The van der Waals surface area contributed by atoms with Gasteiger partial charge in [-0.3, -0.25) is 4.79 Å². The number of carboxylic acid groups (broad SMARTS) is 1. The summed E-state index contributed by atoms with van der Waals surface area (Å²) in [7, 11) is 0. The zero-order valence-corrected chi connectivity index (χ0v) is 24.1. The molecule has 3 aromatic rings. The molecule has 1 fully saturated rings. The summed E-state index contributed by atoms with van der Waals surface area (Å²) in [5, 5.41) is 23.5. The molecule has 0 radical (unpaired) electrons. The van der Waals surface area contributed by atoms with Crippen LogP contribution in [0.4, 0.5) is 15.8 Å². The van der Waals surface area contributed by atoms with Crippen LogP contribution in [0.5, 0.6) is 0 Å². The molecule has 0 bridgehead atoms. The molecule has 0 unspecified atom stereocenters. The van der Waals surface area contributed by atoms with Crippen molar-refractivity contribution in [1.82, 2.24) is 9.88 Å². The number of benzene rings is 2. The third kappa shape index (κ3) is 5.50. The second-order valence-electron chi connectivity index (χ2n) is 9.73. The average Bonchev–Trinajstić information content (AvgIpc) is 2.91. The van der Waals surface area contributed by atoms with Crippen LogP contribution in [0.3, 0.4) is 0 Å². The Bertz CT molecular complexity index is 1500. The molecule has 2 aromatic carbocycles. The fourth-order valence-corrected chi connectivity index (χ4v) is 5.66. The Balaban J connectivity index is 0.00000353. The summed E-state index contributed by atoms with van der Waals surface area (Å²) in [6.07, 6.45) is 0.654. The second kappa shape index (κ2) is 11.7. The number of rotatable bonds is 5. The van der Waals surface area contributed by atoms with Crippen LogP contribution in [0.1, 0.15) is 33.7 Å². The van der Waals surface area contributed by atoms with E-state index in [9.17, 15) is 24.3 Å². The van der Waals surface area contributed by atoms with Crippen molar-refractivity contribution >= 4 is 34.0 Å². The van der Waals surface area contributed by atoms with Crippen molar-refractivity contribution in [1.29, 1.82) is 5.26 Å². The van der Waals surface area contributed by atoms with Crippen molar-refractivity contribution in [2.24, 2.45) is 0 Å². The van der Waals surface area contributed by atoms with Gasteiger partial charge in [0.05, 0.1) is 42.4 Å². The molecule has 1 atom stereocenters. The predicted octanol–water partition coefficient (Wildman–Crippen LogP) is -0.112. The van der Waals surface area contributed by atoms with Crippen LogP contribution in [0, 0.1) is 18.3 Å². The largest absolute Gasteiger partial charge is 1.00 e. The molecule has 5 rings (SSSR count). The molecule has 1 saturated heterocycles. The number of carbonyl (C=O) groups excluding carboxylic acids is 2. The molecule has 2 aliphatic rings. The van der Waals surface area contributed by atoms with Crippen LogP contribution in [-0.4, -0.2) is 54.0 Å². The maximum Gasteiger partial charge on any atom is 1.00 e. The van der Waals surface area contributed by atoms with Crippen LogP contribution in [0.15, 0.2) is 54.9 Å². The molecule has 0 aliphatic carbocycles. The maximum absolute atomic E-state index is 13.6. The van der Waals surface area contributed by atoms with Crippen LogP contribution < -0.4 is 44.5 Å². The van der Waals surface area contributed by atoms with E-state index < -0.39 is 23.7 Å². The summed E-state index contributed by atoms with van der Waals surface area (Å²) in [4.78, 5) is 34.2. The normalized spacial score (nSPS) is 16.7. The Hall–Kier alpha value is -3.45. The summed E-state index contributed by atoms with van der Waals surface area (Å²) >= 11 is 0. The first kappa shape index (κ1) is 28.6. The molecule has 0 spiro atoms. The van der Waals surface area contributed by atoms with Gasteiger partial charge in [0, 0.05) is 48.5 Å². The fourth-order valence-electron chi connectivity index (χ4n) is 5.66. The van der Waals surface area contributed by atoms with Gasteiger partial charge in [-0.2, -0.15) is 5.26 Å². The number of carbonyl (C=O) groups is 2. The summed E-state index contributed by atoms with van der Waals surface area (Å²) in [5.41, 5.74) is 4.37. The topological polar surface area (TPSA) is 104 Å². The first-order valence-corrected chi connectivity index (χ1v) is 12.5. The SMILES string of the molecule is C=C(F)C(=O)N1CCN(c2cc(C(=O)[O-])nc3c2CCN(c2cccc4cccc(C)c24)C3)C[C@@H]1CC#N.[Na+]. The molecular formula is C29H27FN5NaO3. The number of hydrogen-bond acceptors (Lipinski definition) is 7. The molecular weight excluding hydrogens is 508 g/mol. The standard InChI is InChI=1S/C29H28FN5O3.Na/c1-18-5-3-6-20-7-4-8-25(27(18)20)33-12-10-22-24(17-33)32-23(29(37)38)15-26(22)34-13-14-35(28(36)19(2)30)21(16-34)9-11-31;/h3-8,15,21H,2,9-10,12-14,16-17H2,1H3,(H,37,38);/q;+1/p-1/t21-;/m0./s1. The van der Waals surface area contributed by atoms with E-state index in [0.29, 0.717) is 37.4 Å². The summed E-state index contributed by atoms with van der Waals surface area (Å²) in [6.45, 7) is 7.14. The van der Waals surface area contributed by atoms with E-state index in [2.05, 4.69) is 53.7 Å². The first-order chi connectivity index (χ1) is 18.3. The average molecular weight is 536 g/mol.